The van der Waals surface area contributed by atoms with Crippen LogP contribution in [-0.4, -0.2) is 36.6 Å². The highest BCUT2D eigenvalue weighted by Gasteiger charge is 2.23. The van der Waals surface area contributed by atoms with E-state index < -0.39 is 0 Å². The van der Waals surface area contributed by atoms with Gasteiger partial charge in [0.15, 0.2) is 0 Å². The molecule has 1 atom stereocenters. The number of pyridine rings is 1. The summed E-state index contributed by atoms with van der Waals surface area (Å²) in [6.45, 7) is 4.52. The summed E-state index contributed by atoms with van der Waals surface area (Å²) in [5.41, 5.74) is 3.48. The number of nitrogens with one attached hydrogen (secondary N) is 1. The number of benzene rings is 2. The number of likely N-dealkylation sites (tertiary alicyclic amines) is 1. The Morgan fingerprint density at radius 1 is 0.969 bits per heavy atom. The van der Waals surface area contributed by atoms with Crippen LogP contribution in [-0.2, 0) is 13.2 Å². The first-order valence-corrected chi connectivity index (χ1v) is 11.0. The van der Waals surface area contributed by atoms with Gasteiger partial charge in [0, 0.05) is 25.3 Å². The van der Waals surface area contributed by atoms with Gasteiger partial charge in [-0.1, -0.05) is 30.3 Å². The van der Waals surface area contributed by atoms with Gasteiger partial charge in [-0.3, -0.25) is 9.88 Å². The van der Waals surface area contributed by atoms with Gasteiger partial charge in [0.1, 0.15) is 18.1 Å². The van der Waals surface area contributed by atoms with E-state index in [2.05, 4.69) is 51.6 Å². The smallest absolute Gasteiger partial charge is 0.130 e. The molecule has 1 unspecified atom stereocenters. The lowest BCUT2D eigenvalue weighted by Gasteiger charge is -2.28. The minimum atomic E-state index is 0. The maximum Gasteiger partial charge on any atom is 0.130 e. The molecule has 0 bridgehead atoms. The van der Waals surface area contributed by atoms with E-state index in [-0.39, 0.29) is 12.4 Å². The Hall–Kier alpha value is -2.60. The molecule has 1 aromatic heterocycles. The monoisotopic (exact) mass is 453 g/mol. The molecule has 6 heteroatoms. The summed E-state index contributed by atoms with van der Waals surface area (Å²) in [7, 11) is 1.71. The Morgan fingerprint density at radius 3 is 2.50 bits per heavy atom. The van der Waals surface area contributed by atoms with E-state index in [1.54, 1.807) is 13.3 Å². The fourth-order valence-corrected chi connectivity index (χ4v) is 4.08. The van der Waals surface area contributed by atoms with Gasteiger partial charge in [-0.05, 0) is 73.5 Å². The topological polar surface area (TPSA) is 46.6 Å². The van der Waals surface area contributed by atoms with Crippen LogP contribution >= 0.6 is 12.4 Å². The summed E-state index contributed by atoms with van der Waals surface area (Å²) in [5.74, 6) is 1.77. The molecule has 1 saturated heterocycles. The second-order valence-corrected chi connectivity index (χ2v) is 7.92. The lowest BCUT2D eigenvalue weighted by molar-refractivity contribution is 0.238. The van der Waals surface area contributed by atoms with Crippen LogP contribution in [0.1, 0.15) is 35.7 Å². The van der Waals surface area contributed by atoms with E-state index in [0.29, 0.717) is 12.6 Å². The van der Waals surface area contributed by atoms with Gasteiger partial charge in [0.25, 0.3) is 0 Å². The molecular formula is C26H32ClN3O2. The maximum absolute atomic E-state index is 5.92. The van der Waals surface area contributed by atoms with Gasteiger partial charge in [-0.25, -0.2) is 0 Å². The largest absolute Gasteiger partial charge is 0.497 e. The van der Waals surface area contributed by atoms with Crippen LogP contribution in [0.2, 0.25) is 0 Å². The number of hydrogen-bond acceptors (Lipinski definition) is 5. The third kappa shape index (κ3) is 6.70. The third-order valence-corrected chi connectivity index (χ3v) is 5.76. The van der Waals surface area contributed by atoms with Crippen molar-refractivity contribution in [3.8, 4) is 11.5 Å². The first-order chi connectivity index (χ1) is 15.3. The van der Waals surface area contributed by atoms with E-state index in [4.69, 9.17) is 9.47 Å². The summed E-state index contributed by atoms with van der Waals surface area (Å²) in [6.07, 6.45) is 4.35. The molecular weight excluding hydrogens is 422 g/mol. The molecule has 2 aromatic carbocycles. The van der Waals surface area contributed by atoms with Gasteiger partial charge < -0.3 is 14.8 Å². The molecule has 3 aromatic rings. The van der Waals surface area contributed by atoms with Crippen molar-refractivity contribution in [2.24, 2.45) is 0 Å². The molecule has 2 heterocycles. The minimum absolute atomic E-state index is 0. The Morgan fingerprint density at radius 2 is 1.78 bits per heavy atom. The number of rotatable bonds is 10. The molecule has 32 heavy (non-hydrogen) atoms. The van der Waals surface area contributed by atoms with Crippen molar-refractivity contribution >= 4 is 12.4 Å². The summed E-state index contributed by atoms with van der Waals surface area (Å²) in [5, 5.41) is 3.67. The van der Waals surface area contributed by atoms with E-state index in [9.17, 15) is 0 Å². The van der Waals surface area contributed by atoms with Crippen LogP contribution < -0.4 is 14.8 Å². The van der Waals surface area contributed by atoms with Crippen LogP contribution in [0.5, 0.6) is 11.5 Å². The van der Waals surface area contributed by atoms with Crippen molar-refractivity contribution in [1.29, 1.82) is 0 Å². The van der Waals surface area contributed by atoms with Crippen molar-refractivity contribution in [2.45, 2.75) is 32.0 Å². The Balaban J connectivity index is 0.00000289. The second-order valence-electron chi connectivity index (χ2n) is 7.92. The van der Waals surface area contributed by atoms with E-state index in [0.717, 1.165) is 43.4 Å². The molecule has 5 nitrogen and oxygen atoms in total. The lowest BCUT2D eigenvalue weighted by Crippen LogP contribution is -2.34. The Kier molecular flexibility index (Phi) is 9.35. The predicted molar refractivity (Wildman–Crippen MR) is 131 cm³/mol. The fourth-order valence-electron chi connectivity index (χ4n) is 4.08. The first-order valence-electron chi connectivity index (χ1n) is 11.0. The molecule has 0 spiro atoms. The molecule has 1 N–H and O–H groups in total. The highest BCUT2D eigenvalue weighted by atomic mass is 35.5. The van der Waals surface area contributed by atoms with Crippen molar-refractivity contribution in [1.82, 2.24) is 15.2 Å². The van der Waals surface area contributed by atoms with Crippen LogP contribution in [0, 0.1) is 0 Å². The summed E-state index contributed by atoms with van der Waals surface area (Å²) in [6, 6.07) is 23.0. The van der Waals surface area contributed by atoms with Crippen molar-refractivity contribution in [2.75, 3.05) is 26.7 Å². The minimum Gasteiger partial charge on any atom is -0.497 e. The summed E-state index contributed by atoms with van der Waals surface area (Å²) < 4.78 is 11.2. The van der Waals surface area contributed by atoms with Crippen molar-refractivity contribution < 1.29 is 9.47 Å². The number of halogens is 1. The number of methoxy groups -OCH3 is 1. The second kappa shape index (κ2) is 12.4. The van der Waals surface area contributed by atoms with E-state index in [1.165, 1.54) is 24.0 Å². The molecule has 1 aliphatic rings. The van der Waals surface area contributed by atoms with E-state index in [1.807, 2.05) is 30.3 Å². The quantitative estimate of drug-likeness (QED) is 0.467. The number of aromatic nitrogens is 1. The standard InChI is InChI=1S/C26H31N3O2.ClH/c1-30-24-12-10-22(11-13-24)26(29-15-4-5-16-29)19-27-18-21-7-6-9-25(17-21)31-20-23-8-2-3-14-28-23;/h2-3,6-14,17,26-27H,4-5,15-16,18-20H2,1H3;1H. The molecule has 170 valence electrons. The molecule has 0 aliphatic carbocycles. The number of ether oxygens (including phenoxy) is 2. The molecule has 4 rings (SSSR count). The van der Waals surface area contributed by atoms with Gasteiger partial charge in [0.05, 0.1) is 12.8 Å². The zero-order chi connectivity index (χ0) is 21.3. The van der Waals surface area contributed by atoms with Crippen LogP contribution in [0.4, 0.5) is 0 Å². The molecule has 1 aliphatic heterocycles. The highest BCUT2D eigenvalue weighted by molar-refractivity contribution is 5.85. The van der Waals surface area contributed by atoms with Crippen molar-refractivity contribution in [3.63, 3.8) is 0 Å². The highest BCUT2D eigenvalue weighted by Crippen LogP contribution is 2.26. The maximum atomic E-state index is 5.92. The molecule has 1 fully saturated rings. The average molecular weight is 454 g/mol. The van der Waals surface area contributed by atoms with Crippen LogP contribution in [0.25, 0.3) is 0 Å². The van der Waals surface area contributed by atoms with Gasteiger partial charge in [0.2, 0.25) is 0 Å². The van der Waals surface area contributed by atoms with Crippen LogP contribution in [0.15, 0.2) is 72.9 Å². The Labute approximate surface area is 197 Å². The summed E-state index contributed by atoms with van der Waals surface area (Å²) in [4.78, 5) is 6.90. The SMILES string of the molecule is COc1ccc(C(CNCc2cccc(OCc3ccccn3)c2)N2CCCC2)cc1.Cl. The fraction of sp³-hybridized carbons (Fsp3) is 0.346. The third-order valence-electron chi connectivity index (χ3n) is 5.76. The van der Waals surface area contributed by atoms with Crippen molar-refractivity contribution in [3.05, 3.63) is 89.7 Å². The van der Waals surface area contributed by atoms with Gasteiger partial charge in [-0.15, -0.1) is 12.4 Å². The molecule has 0 saturated carbocycles. The van der Waals surface area contributed by atoms with Gasteiger partial charge >= 0.3 is 0 Å². The normalized spacial score (nSPS) is 14.5. The summed E-state index contributed by atoms with van der Waals surface area (Å²) >= 11 is 0. The van der Waals surface area contributed by atoms with E-state index >= 15 is 0 Å². The van der Waals surface area contributed by atoms with Gasteiger partial charge in [-0.2, -0.15) is 0 Å². The zero-order valence-corrected chi connectivity index (χ0v) is 19.4. The molecule has 0 radical (unpaired) electrons. The molecule has 0 amide bonds. The van der Waals surface area contributed by atoms with Crippen LogP contribution in [0.3, 0.4) is 0 Å². The Bertz CT molecular complexity index is 931. The zero-order valence-electron chi connectivity index (χ0n) is 18.6. The number of hydrogen-bond donors (Lipinski definition) is 1. The first kappa shape index (κ1) is 24.1. The average Bonchev–Trinajstić information content (AvgIpc) is 3.36. The number of nitrogens with zero attached hydrogens (tertiary/aromatic N) is 2. The lowest BCUT2D eigenvalue weighted by atomic mass is 10.0. The predicted octanol–water partition coefficient (Wildman–Crippen LogP) is 5.02.